The molecule has 50 heavy (non-hydrogen) atoms. The standard InChI is InChI=1S/C35H45N11O4/c1-24(18-44-23-39-42-43-44)50-33-14-26(5-6-27(33)15-36)28-16-37-35(38-17-28)40-32-20-46(41-34(32)49-13-3-12-47-2)30-10-8-29(9-11-30)45-19-25-4-7-31(45)22-48-21-25/h5-6,14,16-17,20,23-25,29-31H,3-4,7-13,18-19,21-22H2,1-2H3,(H,37,38,40)/t24-,25-,29?,30?,31+/m0/s1. The summed E-state index contributed by atoms with van der Waals surface area (Å²) in [4.78, 5) is 12.0. The molecule has 0 amide bonds. The normalized spacial score (nSPS) is 22.8. The van der Waals surface area contributed by atoms with Gasteiger partial charge >= 0.3 is 0 Å². The fourth-order valence-electron chi connectivity index (χ4n) is 7.38. The van der Waals surface area contributed by atoms with Crippen molar-refractivity contribution in [1.82, 2.24) is 44.9 Å². The molecule has 1 aliphatic carbocycles. The highest BCUT2D eigenvalue weighted by Gasteiger charge is 2.37. The Morgan fingerprint density at radius 2 is 1.84 bits per heavy atom. The third-order valence-electron chi connectivity index (χ3n) is 9.95. The number of methoxy groups -OCH3 is 1. The lowest BCUT2D eigenvalue weighted by Crippen LogP contribution is -2.50. The first kappa shape index (κ1) is 33.8. The lowest BCUT2D eigenvalue weighted by molar-refractivity contribution is 0.0459. The van der Waals surface area contributed by atoms with Gasteiger partial charge in [0.25, 0.3) is 5.88 Å². The second-order valence-electron chi connectivity index (χ2n) is 13.5. The molecule has 1 aromatic carbocycles. The Hall–Kier alpha value is -4.65. The van der Waals surface area contributed by atoms with E-state index in [4.69, 9.17) is 24.0 Å². The Morgan fingerprint density at radius 3 is 2.62 bits per heavy atom. The molecule has 4 aliphatic rings. The third kappa shape index (κ3) is 8.04. The van der Waals surface area contributed by atoms with Crippen LogP contribution >= 0.6 is 0 Å². The highest BCUT2D eigenvalue weighted by Crippen LogP contribution is 2.38. The predicted octanol–water partition coefficient (Wildman–Crippen LogP) is 4.42. The highest BCUT2D eigenvalue weighted by atomic mass is 16.5. The van der Waals surface area contributed by atoms with Crippen LogP contribution in [-0.4, -0.2) is 103 Å². The fraction of sp³-hybridized carbons (Fsp3) is 0.571. The molecule has 8 rings (SSSR count). The summed E-state index contributed by atoms with van der Waals surface area (Å²) in [5.41, 5.74) is 2.77. The lowest BCUT2D eigenvalue weighted by atomic mass is 9.86. The Labute approximate surface area is 291 Å². The van der Waals surface area contributed by atoms with Crippen molar-refractivity contribution in [1.29, 1.82) is 5.26 Å². The van der Waals surface area contributed by atoms with Gasteiger partial charge in [0.1, 0.15) is 29.9 Å². The molecule has 3 aromatic heterocycles. The Bertz CT molecular complexity index is 1710. The van der Waals surface area contributed by atoms with Crippen molar-refractivity contribution in [3.63, 3.8) is 0 Å². The zero-order valence-electron chi connectivity index (χ0n) is 28.7. The van der Waals surface area contributed by atoms with E-state index in [0.717, 1.165) is 62.1 Å². The molecule has 2 bridgehead atoms. The average molecular weight is 684 g/mol. The zero-order valence-corrected chi connectivity index (χ0v) is 28.7. The molecule has 4 aromatic rings. The van der Waals surface area contributed by atoms with E-state index in [1.165, 1.54) is 25.7 Å². The maximum Gasteiger partial charge on any atom is 0.256 e. The third-order valence-corrected chi connectivity index (χ3v) is 9.95. The smallest absolute Gasteiger partial charge is 0.256 e. The summed E-state index contributed by atoms with van der Waals surface area (Å²) in [6.45, 7) is 6.42. The van der Waals surface area contributed by atoms with E-state index in [2.05, 4.69) is 46.5 Å². The number of nitrogens with zero attached hydrogens (tertiary/aromatic N) is 10. The van der Waals surface area contributed by atoms with Crippen LogP contribution in [0.5, 0.6) is 11.6 Å². The minimum atomic E-state index is -0.269. The first-order valence-electron chi connectivity index (χ1n) is 17.6. The summed E-state index contributed by atoms with van der Waals surface area (Å²) in [5.74, 6) is 2.11. The minimum absolute atomic E-state index is 0.269. The quantitative estimate of drug-likeness (QED) is 0.186. The van der Waals surface area contributed by atoms with Crippen LogP contribution in [0, 0.1) is 17.2 Å². The largest absolute Gasteiger partial charge is 0.487 e. The van der Waals surface area contributed by atoms with Crippen molar-refractivity contribution in [2.75, 3.05) is 45.4 Å². The van der Waals surface area contributed by atoms with Crippen molar-refractivity contribution in [2.24, 2.45) is 5.92 Å². The van der Waals surface area contributed by atoms with Gasteiger partial charge in [0, 0.05) is 56.7 Å². The first-order chi connectivity index (χ1) is 24.6. The van der Waals surface area contributed by atoms with Crippen LogP contribution in [0.1, 0.15) is 63.5 Å². The number of aromatic nitrogens is 8. The Morgan fingerprint density at radius 1 is 1.02 bits per heavy atom. The number of fused-ring (bicyclic) bond motifs is 4. The maximum atomic E-state index is 9.68. The molecule has 3 atom stereocenters. The number of anilines is 2. The van der Waals surface area contributed by atoms with Gasteiger partial charge in [-0.05, 0) is 79.5 Å². The molecule has 3 saturated heterocycles. The fourth-order valence-corrected chi connectivity index (χ4v) is 7.38. The van der Waals surface area contributed by atoms with E-state index >= 15 is 0 Å². The molecular formula is C35H45N11O4. The molecule has 15 nitrogen and oxygen atoms in total. The molecule has 4 fully saturated rings. The Kier molecular flexibility index (Phi) is 10.8. The van der Waals surface area contributed by atoms with Gasteiger partial charge in [-0.3, -0.25) is 9.58 Å². The number of hydrogen-bond donors (Lipinski definition) is 1. The van der Waals surface area contributed by atoms with Crippen LogP contribution < -0.4 is 14.8 Å². The number of nitriles is 1. The van der Waals surface area contributed by atoms with Gasteiger partial charge in [-0.15, -0.1) is 10.2 Å². The van der Waals surface area contributed by atoms with Gasteiger partial charge < -0.3 is 24.3 Å². The van der Waals surface area contributed by atoms with Crippen LogP contribution in [0.2, 0.25) is 0 Å². The van der Waals surface area contributed by atoms with Crippen molar-refractivity contribution in [3.05, 3.63) is 48.7 Å². The second kappa shape index (κ2) is 15.9. The second-order valence-corrected chi connectivity index (χ2v) is 13.5. The van der Waals surface area contributed by atoms with Crippen molar-refractivity contribution in [3.8, 4) is 28.8 Å². The van der Waals surface area contributed by atoms with Crippen LogP contribution in [0.25, 0.3) is 11.1 Å². The zero-order chi connectivity index (χ0) is 34.3. The van der Waals surface area contributed by atoms with Crippen LogP contribution in [-0.2, 0) is 16.0 Å². The van der Waals surface area contributed by atoms with E-state index in [-0.39, 0.29) is 6.10 Å². The summed E-state index contributed by atoms with van der Waals surface area (Å²) in [7, 11) is 1.69. The number of piperidine rings is 1. The van der Waals surface area contributed by atoms with Gasteiger partial charge in [0.2, 0.25) is 5.95 Å². The number of rotatable bonds is 14. The molecule has 0 spiro atoms. The van der Waals surface area contributed by atoms with Gasteiger partial charge in [-0.1, -0.05) is 6.07 Å². The summed E-state index contributed by atoms with van der Waals surface area (Å²) in [5, 5.41) is 29.1. The van der Waals surface area contributed by atoms with Crippen LogP contribution in [0.3, 0.4) is 0 Å². The first-order valence-corrected chi connectivity index (χ1v) is 17.6. The number of tetrazole rings is 1. The lowest BCUT2D eigenvalue weighted by Gasteiger charge is -2.43. The molecule has 1 N–H and O–H groups in total. The van der Waals surface area contributed by atoms with E-state index in [1.807, 2.05) is 25.3 Å². The van der Waals surface area contributed by atoms with Crippen LogP contribution in [0.15, 0.2) is 43.1 Å². The van der Waals surface area contributed by atoms with E-state index in [9.17, 15) is 5.26 Å². The van der Waals surface area contributed by atoms with E-state index in [0.29, 0.717) is 66.9 Å². The molecule has 0 radical (unpaired) electrons. The molecule has 3 aliphatic heterocycles. The highest BCUT2D eigenvalue weighted by molar-refractivity contribution is 5.67. The molecule has 15 heteroatoms. The average Bonchev–Trinajstić information content (AvgIpc) is 3.68. The SMILES string of the molecule is COCCCOc1nn(C2CCC(N3C[C@@H]4CC[C@@H]3COC4)CC2)cc1Nc1ncc(-c2ccc(C#N)c(O[C@@H](C)Cn3cnnn3)c2)cn1. The molecule has 6 heterocycles. The van der Waals surface area contributed by atoms with Crippen LogP contribution in [0.4, 0.5) is 11.6 Å². The molecular weight excluding hydrogens is 638 g/mol. The van der Waals surface area contributed by atoms with Crippen molar-refractivity contribution in [2.45, 2.75) is 82.6 Å². The monoisotopic (exact) mass is 683 g/mol. The van der Waals surface area contributed by atoms with E-state index < -0.39 is 0 Å². The van der Waals surface area contributed by atoms with Gasteiger partial charge in [0.05, 0.1) is 44.2 Å². The topological polar surface area (TPSA) is 163 Å². The summed E-state index contributed by atoms with van der Waals surface area (Å²) < 4.78 is 27.1. The van der Waals surface area contributed by atoms with E-state index in [1.54, 1.807) is 30.3 Å². The van der Waals surface area contributed by atoms with Crippen molar-refractivity contribution >= 4 is 11.6 Å². The Balaban J connectivity index is 1.02. The summed E-state index contributed by atoms with van der Waals surface area (Å²) in [6, 6.07) is 9.12. The minimum Gasteiger partial charge on any atom is -0.487 e. The van der Waals surface area contributed by atoms with Crippen molar-refractivity contribution < 1.29 is 18.9 Å². The summed E-state index contributed by atoms with van der Waals surface area (Å²) in [6.07, 6.45) is 14.6. The van der Waals surface area contributed by atoms with Gasteiger partial charge in [-0.25, -0.2) is 14.6 Å². The number of benzene rings is 1. The van der Waals surface area contributed by atoms with Gasteiger partial charge in [0.15, 0.2) is 0 Å². The number of ether oxygens (including phenoxy) is 4. The molecule has 1 saturated carbocycles. The molecule has 264 valence electrons. The predicted molar refractivity (Wildman–Crippen MR) is 183 cm³/mol. The summed E-state index contributed by atoms with van der Waals surface area (Å²) >= 11 is 0. The van der Waals surface area contributed by atoms with Gasteiger partial charge in [-0.2, -0.15) is 5.26 Å². The number of nitrogens with one attached hydrogen (secondary N) is 1. The number of hydrogen-bond acceptors (Lipinski definition) is 13. The molecule has 0 unspecified atom stereocenters. The maximum absolute atomic E-state index is 9.68.